The number of fused-ring (bicyclic) bond motifs is 1. The van der Waals surface area contributed by atoms with Crippen molar-refractivity contribution in [2.45, 2.75) is 6.04 Å². The summed E-state index contributed by atoms with van der Waals surface area (Å²) >= 11 is 1.75. The van der Waals surface area contributed by atoms with Crippen LogP contribution in [0.15, 0.2) is 48.0 Å². The molecule has 1 aliphatic heterocycles. The minimum Gasteiger partial charge on any atom is -0.505 e. The Hall–Kier alpha value is -1.99. The van der Waals surface area contributed by atoms with Crippen molar-refractivity contribution >= 4 is 22.2 Å². The molecule has 1 aromatic carbocycles. The molecule has 3 heterocycles. The number of quaternary nitrogens is 2. The third kappa shape index (κ3) is 3.33. The number of phenolic OH excluding ortho intramolecular Hbond substituents is 1. The quantitative estimate of drug-likeness (QED) is 0.505. The molecule has 4 rings (SSSR count). The maximum absolute atomic E-state index is 11.0. The predicted molar refractivity (Wildman–Crippen MR) is 103 cm³/mol. The number of rotatable bonds is 5. The molecule has 3 aromatic rings. The molecular formula is C20H25N3O2S+2. The number of aliphatic hydroxyl groups excluding tert-OH is 1. The first kappa shape index (κ1) is 17.4. The zero-order valence-corrected chi connectivity index (χ0v) is 15.5. The van der Waals surface area contributed by atoms with Crippen molar-refractivity contribution in [1.29, 1.82) is 0 Å². The van der Waals surface area contributed by atoms with Crippen LogP contribution in [0.4, 0.5) is 0 Å². The number of aromatic nitrogens is 1. The van der Waals surface area contributed by atoms with Gasteiger partial charge in [0.05, 0.1) is 17.0 Å². The van der Waals surface area contributed by atoms with Crippen LogP contribution in [-0.2, 0) is 0 Å². The van der Waals surface area contributed by atoms with E-state index in [1.807, 2.05) is 12.1 Å². The average molecular weight is 372 g/mol. The number of aliphatic hydroxyl groups is 1. The number of hydrogen-bond acceptors (Lipinski definition) is 4. The van der Waals surface area contributed by atoms with E-state index in [-0.39, 0.29) is 12.6 Å². The monoisotopic (exact) mass is 371 g/mol. The van der Waals surface area contributed by atoms with Crippen LogP contribution in [0, 0.1) is 0 Å². The number of nitrogens with zero attached hydrogens (tertiary/aromatic N) is 1. The van der Waals surface area contributed by atoms with Gasteiger partial charge in [0.2, 0.25) is 0 Å². The molecule has 0 radical (unpaired) electrons. The number of thiophene rings is 1. The molecule has 0 spiro atoms. The second-order valence-corrected chi connectivity index (χ2v) is 7.89. The summed E-state index contributed by atoms with van der Waals surface area (Å²) in [6, 6.07) is 12.4. The fourth-order valence-electron chi connectivity index (χ4n) is 4.03. The van der Waals surface area contributed by atoms with Gasteiger partial charge in [-0.1, -0.05) is 18.2 Å². The Morgan fingerprint density at radius 2 is 1.92 bits per heavy atom. The van der Waals surface area contributed by atoms with Crippen LogP contribution in [0.5, 0.6) is 5.75 Å². The van der Waals surface area contributed by atoms with Gasteiger partial charge in [-0.05, 0) is 23.6 Å². The van der Waals surface area contributed by atoms with Crippen molar-refractivity contribution in [3.63, 3.8) is 0 Å². The van der Waals surface area contributed by atoms with E-state index in [9.17, 15) is 10.2 Å². The number of aromatic hydroxyl groups is 1. The van der Waals surface area contributed by atoms with Gasteiger partial charge in [-0.15, -0.1) is 11.3 Å². The van der Waals surface area contributed by atoms with Gasteiger partial charge in [0, 0.05) is 11.6 Å². The van der Waals surface area contributed by atoms with Crippen LogP contribution in [0.25, 0.3) is 10.9 Å². The predicted octanol–water partition coefficient (Wildman–Crippen LogP) is -0.133. The van der Waals surface area contributed by atoms with Crippen LogP contribution in [-0.4, -0.2) is 54.5 Å². The van der Waals surface area contributed by atoms with Crippen molar-refractivity contribution in [3.8, 4) is 5.75 Å². The fraction of sp³-hybridized carbons (Fsp3) is 0.350. The van der Waals surface area contributed by atoms with E-state index >= 15 is 0 Å². The summed E-state index contributed by atoms with van der Waals surface area (Å²) in [6.45, 7) is 5.21. The lowest BCUT2D eigenvalue weighted by Crippen LogP contribution is -3.28. The number of benzene rings is 1. The van der Waals surface area contributed by atoms with Gasteiger partial charge in [0.25, 0.3) is 0 Å². The highest BCUT2D eigenvalue weighted by Gasteiger charge is 2.34. The highest BCUT2D eigenvalue weighted by Crippen LogP contribution is 2.34. The average Bonchev–Trinajstić information content (AvgIpc) is 3.20. The minimum absolute atomic E-state index is 0.122. The molecule has 1 fully saturated rings. The SMILES string of the molecule is OCC[NH+]1CC[NH+]([C@H](c2cccs2)c2ccc3cccnc3c2O)CC1. The zero-order valence-electron chi connectivity index (χ0n) is 14.7. The van der Waals surface area contributed by atoms with Crippen molar-refractivity contribution in [1.82, 2.24) is 4.98 Å². The largest absolute Gasteiger partial charge is 0.505 e. The molecule has 5 nitrogen and oxygen atoms in total. The highest BCUT2D eigenvalue weighted by molar-refractivity contribution is 7.10. The molecule has 1 saturated heterocycles. The number of pyridine rings is 1. The molecule has 2 aromatic heterocycles. The van der Waals surface area contributed by atoms with Crippen molar-refractivity contribution in [2.75, 3.05) is 39.3 Å². The molecule has 6 heteroatoms. The third-order valence-electron chi connectivity index (χ3n) is 5.39. The van der Waals surface area contributed by atoms with Gasteiger partial charge in [0.15, 0.2) is 11.8 Å². The summed E-state index contributed by atoms with van der Waals surface area (Å²) in [7, 11) is 0. The number of hydrogen-bond donors (Lipinski definition) is 4. The van der Waals surface area contributed by atoms with Gasteiger partial charge < -0.3 is 20.0 Å². The van der Waals surface area contributed by atoms with Gasteiger partial charge in [-0.2, -0.15) is 0 Å². The Labute approximate surface area is 157 Å². The second kappa shape index (κ2) is 7.72. The number of nitrogens with one attached hydrogen (secondary N) is 2. The first-order valence-corrected chi connectivity index (χ1v) is 10.0. The Kier molecular flexibility index (Phi) is 5.17. The van der Waals surface area contributed by atoms with Crippen molar-refractivity contribution in [2.24, 2.45) is 0 Å². The van der Waals surface area contributed by atoms with E-state index in [1.54, 1.807) is 17.5 Å². The molecule has 4 N–H and O–H groups in total. The van der Waals surface area contributed by atoms with Crippen molar-refractivity contribution < 1.29 is 20.0 Å². The molecule has 0 amide bonds. The molecule has 0 bridgehead atoms. The summed E-state index contributed by atoms with van der Waals surface area (Å²) in [4.78, 5) is 8.61. The number of phenols is 1. The van der Waals surface area contributed by atoms with Gasteiger partial charge in [-0.3, -0.25) is 4.98 Å². The van der Waals surface area contributed by atoms with Crippen LogP contribution < -0.4 is 9.80 Å². The zero-order chi connectivity index (χ0) is 17.9. The molecule has 26 heavy (non-hydrogen) atoms. The lowest BCUT2D eigenvalue weighted by atomic mass is 9.99. The van der Waals surface area contributed by atoms with E-state index in [4.69, 9.17) is 0 Å². The van der Waals surface area contributed by atoms with Crippen LogP contribution in [0.3, 0.4) is 0 Å². The van der Waals surface area contributed by atoms with Gasteiger partial charge >= 0.3 is 0 Å². The normalized spacial score (nSPS) is 21.7. The van der Waals surface area contributed by atoms with E-state index in [0.717, 1.165) is 43.7 Å². The lowest BCUT2D eigenvalue weighted by Gasteiger charge is -2.34. The van der Waals surface area contributed by atoms with Gasteiger partial charge in [0.1, 0.15) is 38.2 Å². The topological polar surface area (TPSA) is 62.2 Å². The Morgan fingerprint density at radius 3 is 2.65 bits per heavy atom. The summed E-state index contributed by atoms with van der Waals surface area (Å²) in [5.41, 5.74) is 1.63. The first-order chi connectivity index (χ1) is 12.8. The molecule has 136 valence electrons. The van der Waals surface area contributed by atoms with Crippen molar-refractivity contribution in [3.05, 3.63) is 58.4 Å². The molecule has 1 atom stereocenters. The summed E-state index contributed by atoms with van der Waals surface area (Å²) in [5.74, 6) is 0.305. The molecule has 1 aliphatic rings. The maximum atomic E-state index is 11.0. The Bertz CT molecular complexity index is 861. The molecule has 0 aliphatic carbocycles. The van der Waals surface area contributed by atoms with E-state index in [1.165, 1.54) is 14.7 Å². The van der Waals surface area contributed by atoms with E-state index in [2.05, 4.69) is 34.6 Å². The molecular weight excluding hydrogens is 346 g/mol. The van der Waals surface area contributed by atoms with E-state index in [0.29, 0.717) is 11.3 Å². The fourth-order valence-corrected chi connectivity index (χ4v) is 4.93. The van der Waals surface area contributed by atoms with Crippen LogP contribution in [0.2, 0.25) is 0 Å². The third-order valence-corrected chi connectivity index (χ3v) is 6.33. The van der Waals surface area contributed by atoms with Gasteiger partial charge in [-0.25, -0.2) is 0 Å². The lowest BCUT2D eigenvalue weighted by molar-refractivity contribution is -1.02. The highest BCUT2D eigenvalue weighted by atomic mass is 32.1. The second-order valence-electron chi connectivity index (χ2n) is 6.91. The standard InChI is InChI=1S/C20H23N3O2S/c24-13-12-22-8-10-23(11-9-22)19(17-4-2-14-26-17)16-6-5-15-3-1-7-21-18(15)20(16)25/h1-7,14,19,24-25H,8-13H2/p+2/t19-/m0/s1. The number of piperazine rings is 1. The van der Waals surface area contributed by atoms with Crippen LogP contribution in [0.1, 0.15) is 16.5 Å². The maximum Gasteiger partial charge on any atom is 0.152 e. The Balaban J connectivity index is 1.70. The first-order valence-electron chi connectivity index (χ1n) is 9.17. The van der Waals surface area contributed by atoms with Crippen LogP contribution >= 0.6 is 11.3 Å². The minimum atomic E-state index is 0.122. The Morgan fingerprint density at radius 1 is 1.08 bits per heavy atom. The summed E-state index contributed by atoms with van der Waals surface area (Å²) in [6.07, 6.45) is 1.73. The van der Waals surface area contributed by atoms with E-state index < -0.39 is 0 Å². The molecule has 0 unspecified atom stereocenters. The summed E-state index contributed by atoms with van der Waals surface area (Å²) < 4.78 is 0. The summed E-state index contributed by atoms with van der Waals surface area (Å²) in [5, 5.41) is 23.2. The smallest absolute Gasteiger partial charge is 0.152 e. The molecule has 0 saturated carbocycles.